The van der Waals surface area contributed by atoms with E-state index in [9.17, 15) is 18.3 Å². The molecule has 0 aliphatic rings. The molecule has 0 aliphatic heterocycles. The van der Waals surface area contributed by atoms with Gasteiger partial charge in [0.25, 0.3) is 5.91 Å². The van der Waals surface area contributed by atoms with Crippen molar-refractivity contribution in [2.24, 2.45) is 5.10 Å². The fourth-order valence-electron chi connectivity index (χ4n) is 2.18. The van der Waals surface area contributed by atoms with E-state index in [0.717, 1.165) is 10.6 Å². The number of anilines is 1. The molecule has 2 aromatic carbocycles. The Balaban J connectivity index is 2.10. The first-order valence-corrected chi connectivity index (χ1v) is 10.8. The van der Waals surface area contributed by atoms with Gasteiger partial charge in [-0.15, -0.1) is 0 Å². The number of nitrogens with one attached hydrogen (secondary N) is 1. The minimum Gasteiger partial charge on any atom is -0.503 e. The van der Waals surface area contributed by atoms with Crippen molar-refractivity contribution in [2.75, 3.05) is 24.2 Å². The highest BCUT2D eigenvalue weighted by Crippen LogP contribution is 2.34. The SMILES string of the molecule is COc1cc(/C=N\NC(=O)CN(c2ccc(Cl)cc2)S(C)(=O)=O)cc(Br)c1O. The van der Waals surface area contributed by atoms with Crippen LogP contribution in [0.3, 0.4) is 0 Å². The Morgan fingerprint density at radius 2 is 2.00 bits per heavy atom. The summed E-state index contributed by atoms with van der Waals surface area (Å²) in [5.41, 5.74) is 3.11. The lowest BCUT2D eigenvalue weighted by Crippen LogP contribution is -2.38. The molecule has 11 heteroatoms. The summed E-state index contributed by atoms with van der Waals surface area (Å²) in [6, 6.07) is 9.15. The summed E-state index contributed by atoms with van der Waals surface area (Å²) in [5.74, 6) is -0.468. The molecule has 0 saturated heterocycles. The summed E-state index contributed by atoms with van der Waals surface area (Å²) in [6.07, 6.45) is 2.33. The van der Waals surface area contributed by atoms with Gasteiger partial charge in [-0.1, -0.05) is 11.6 Å². The molecule has 0 unspecified atom stereocenters. The number of phenolic OH excluding ortho intramolecular Hbond substituents is 1. The molecule has 150 valence electrons. The number of aromatic hydroxyl groups is 1. The van der Waals surface area contributed by atoms with Crippen molar-refractivity contribution in [3.8, 4) is 11.5 Å². The Labute approximate surface area is 175 Å². The molecule has 28 heavy (non-hydrogen) atoms. The van der Waals surface area contributed by atoms with Gasteiger partial charge in [-0.05, 0) is 57.9 Å². The lowest BCUT2D eigenvalue weighted by atomic mass is 10.2. The van der Waals surface area contributed by atoms with Gasteiger partial charge in [0.1, 0.15) is 6.54 Å². The number of nitrogens with zero attached hydrogens (tertiary/aromatic N) is 2. The molecule has 0 radical (unpaired) electrons. The molecule has 0 fully saturated rings. The fourth-order valence-corrected chi connectivity index (χ4v) is 3.62. The summed E-state index contributed by atoms with van der Waals surface area (Å²) in [7, 11) is -2.29. The molecule has 8 nitrogen and oxygen atoms in total. The predicted octanol–water partition coefficient (Wildman–Crippen LogP) is 2.73. The molecule has 0 aliphatic carbocycles. The summed E-state index contributed by atoms with van der Waals surface area (Å²) < 4.78 is 30.4. The smallest absolute Gasteiger partial charge is 0.260 e. The lowest BCUT2D eigenvalue weighted by molar-refractivity contribution is -0.119. The van der Waals surface area contributed by atoms with E-state index < -0.39 is 22.5 Å². The highest BCUT2D eigenvalue weighted by molar-refractivity contribution is 9.10. The largest absolute Gasteiger partial charge is 0.503 e. The first-order valence-electron chi connectivity index (χ1n) is 7.73. The van der Waals surface area contributed by atoms with E-state index in [1.807, 2.05) is 0 Å². The van der Waals surface area contributed by atoms with Gasteiger partial charge in [0.2, 0.25) is 10.0 Å². The van der Waals surface area contributed by atoms with E-state index in [2.05, 4.69) is 26.5 Å². The number of ether oxygens (including phenoxy) is 1. The van der Waals surface area contributed by atoms with Crippen molar-refractivity contribution in [2.45, 2.75) is 0 Å². The highest BCUT2D eigenvalue weighted by Gasteiger charge is 2.20. The number of rotatable bonds is 7. The number of halogens is 2. The maximum Gasteiger partial charge on any atom is 0.260 e. The Morgan fingerprint density at radius 1 is 1.36 bits per heavy atom. The van der Waals surface area contributed by atoms with Gasteiger partial charge in [-0.2, -0.15) is 5.10 Å². The molecular formula is C17H17BrClN3O5S. The van der Waals surface area contributed by atoms with Crippen LogP contribution >= 0.6 is 27.5 Å². The summed E-state index contributed by atoms with van der Waals surface area (Å²) in [5, 5.41) is 14.0. The Bertz CT molecular complexity index is 997. The van der Waals surface area contributed by atoms with E-state index >= 15 is 0 Å². The molecule has 0 saturated carbocycles. The molecule has 0 aromatic heterocycles. The monoisotopic (exact) mass is 489 g/mol. The topological polar surface area (TPSA) is 108 Å². The van der Waals surface area contributed by atoms with Crippen LogP contribution in [0.1, 0.15) is 5.56 Å². The van der Waals surface area contributed by atoms with Gasteiger partial charge in [0, 0.05) is 5.02 Å². The minimum absolute atomic E-state index is 0.0598. The van der Waals surface area contributed by atoms with Crippen LogP contribution in [0, 0.1) is 0 Å². The zero-order valence-corrected chi connectivity index (χ0v) is 18.0. The van der Waals surface area contributed by atoms with Crippen molar-refractivity contribution < 1.29 is 23.1 Å². The fraction of sp³-hybridized carbons (Fsp3) is 0.176. The van der Waals surface area contributed by atoms with Crippen LogP contribution in [0.2, 0.25) is 5.02 Å². The van der Waals surface area contributed by atoms with Crippen LogP contribution in [0.5, 0.6) is 11.5 Å². The van der Waals surface area contributed by atoms with E-state index in [-0.39, 0.29) is 11.5 Å². The molecule has 2 aromatic rings. The number of carbonyl (C=O) groups is 1. The Morgan fingerprint density at radius 3 is 2.57 bits per heavy atom. The minimum atomic E-state index is -3.70. The van der Waals surface area contributed by atoms with Gasteiger partial charge in [0.05, 0.1) is 29.7 Å². The number of phenols is 1. The van der Waals surface area contributed by atoms with Crippen LogP contribution in [0.4, 0.5) is 5.69 Å². The highest BCUT2D eigenvalue weighted by atomic mass is 79.9. The number of methoxy groups -OCH3 is 1. The second-order valence-corrected chi connectivity index (χ2v) is 8.79. The average Bonchev–Trinajstić information content (AvgIpc) is 2.62. The van der Waals surface area contributed by atoms with Crippen molar-refractivity contribution >= 4 is 55.4 Å². The molecule has 0 bridgehead atoms. The summed E-state index contributed by atoms with van der Waals surface area (Å²) in [6.45, 7) is -0.458. The van der Waals surface area contributed by atoms with E-state index in [4.69, 9.17) is 16.3 Å². The maximum atomic E-state index is 12.1. The van der Waals surface area contributed by atoms with Gasteiger partial charge in [-0.25, -0.2) is 13.8 Å². The average molecular weight is 491 g/mol. The van der Waals surface area contributed by atoms with Gasteiger partial charge >= 0.3 is 0 Å². The molecular weight excluding hydrogens is 474 g/mol. The van der Waals surface area contributed by atoms with Crippen LogP contribution in [-0.2, 0) is 14.8 Å². The van der Waals surface area contributed by atoms with Crippen molar-refractivity contribution in [3.63, 3.8) is 0 Å². The first-order chi connectivity index (χ1) is 13.1. The second kappa shape index (κ2) is 9.26. The van der Waals surface area contributed by atoms with Crippen LogP contribution in [0.25, 0.3) is 0 Å². The zero-order valence-electron chi connectivity index (χ0n) is 14.9. The zero-order chi connectivity index (χ0) is 20.9. The van der Waals surface area contributed by atoms with Crippen LogP contribution in [-0.4, -0.2) is 45.6 Å². The van der Waals surface area contributed by atoms with Crippen molar-refractivity contribution in [3.05, 3.63) is 51.5 Å². The number of hydrazone groups is 1. The summed E-state index contributed by atoms with van der Waals surface area (Å²) in [4.78, 5) is 12.1. The number of benzene rings is 2. The quantitative estimate of drug-likeness (QED) is 0.458. The van der Waals surface area contributed by atoms with Gasteiger partial charge < -0.3 is 9.84 Å². The van der Waals surface area contributed by atoms with Crippen LogP contribution < -0.4 is 14.5 Å². The van der Waals surface area contributed by atoms with Crippen molar-refractivity contribution in [1.29, 1.82) is 0 Å². The third-order valence-electron chi connectivity index (χ3n) is 3.48. The molecule has 1 amide bonds. The predicted molar refractivity (Wildman–Crippen MR) is 112 cm³/mol. The molecule has 2 N–H and O–H groups in total. The normalized spacial score (nSPS) is 11.4. The number of carbonyl (C=O) groups excluding carboxylic acids is 1. The third-order valence-corrected chi connectivity index (χ3v) is 5.47. The lowest BCUT2D eigenvalue weighted by Gasteiger charge is -2.21. The molecule has 0 heterocycles. The number of hydrogen-bond acceptors (Lipinski definition) is 6. The Kier molecular flexibility index (Phi) is 7.28. The number of sulfonamides is 1. The first kappa shape index (κ1) is 22.0. The Hall–Kier alpha value is -2.30. The number of amides is 1. The van der Waals surface area contributed by atoms with Crippen LogP contribution in [0.15, 0.2) is 46.0 Å². The van der Waals surface area contributed by atoms with E-state index in [1.165, 1.54) is 43.7 Å². The molecule has 0 atom stereocenters. The molecule has 2 rings (SSSR count). The summed E-state index contributed by atoms with van der Waals surface area (Å²) >= 11 is 8.99. The number of hydrogen-bond donors (Lipinski definition) is 2. The second-order valence-electron chi connectivity index (χ2n) is 5.59. The third kappa shape index (κ3) is 5.85. The van der Waals surface area contributed by atoms with Gasteiger partial charge in [-0.3, -0.25) is 9.10 Å². The van der Waals surface area contributed by atoms with E-state index in [1.54, 1.807) is 6.07 Å². The standard InChI is InChI=1S/C17H17BrClN3O5S/c1-27-15-8-11(7-14(18)17(15)24)9-20-21-16(23)10-22(28(2,25)26)13-5-3-12(19)4-6-13/h3-9,24H,10H2,1-2H3,(H,21,23)/b20-9-. The van der Waals surface area contributed by atoms with E-state index in [0.29, 0.717) is 20.7 Å². The van der Waals surface area contributed by atoms with Gasteiger partial charge in [0.15, 0.2) is 11.5 Å². The maximum absolute atomic E-state index is 12.1. The molecule has 0 spiro atoms. The van der Waals surface area contributed by atoms with Crippen molar-refractivity contribution in [1.82, 2.24) is 5.43 Å².